The highest BCUT2D eigenvalue weighted by atomic mass is 35.5. The summed E-state index contributed by atoms with van der Waals surface area (Å²) in [6.07, 6.45) is 0.895. The van der Waals surface area contributed by atoms with E-state index in [1.54, 1.807) is 7.11 Å². The van der Waals surface area contributed by atoms with Gasteiger partial charge in [0.15, 0.2) is 0 Å². The van der Waals surface area contributed by atoms with E-state index in [9.17, 15) is 0 Å². The molecule has 0 bridgehead atoms. The van der Waals surface area contributed by atoms with Crippen LogP contribution in [0.4, 0.5) is 0 Å². The summed E-state index contributed by atoms with van der Waals surface area (Å²) in [5.41, 5.74) is 1.28. The van der Waals surface area contributed by atoms with Crippen LogP contribution in [0.3, 0.4) is 0 Å². The topological polar surface area (TPSA) is 9.23 Å². The molecule has 0 aliphatic rings. The predicted octanol–water partition coefficient (Wildman–Crippen LogP) is 3.63. The number of benzene rings is 2. The third kappa shape index (κ3) is 2.07. The number of halogens is 1. The van der Waals surface area contributed by atoms with E-state index in [2.05, 4.69) is 30.3 Å². The molecule has 0 amide bonds. The Morgan fingerprint density at radius 2 is 2.07 bits per heavy atom. The van der Waals surface area contributed by atoms with Gasteiger partial charge in [0, 0.05) is 5.88 Å². The lowest BCUT2D eigenvalue weighted by atomic mass is 10.0. The van der Waals surface area contributed by atoms with Gasteiger partial charge in [0.2, 0.25) is 0 Å². The fourth-order valence-electron chi connectivity index (χ4n) is 1.76. The molecule has 0 saturated heterocycles. The minimum Gasteiger partial charge on any atom is -0.497 e. The number of hydrogen-bond acceptors (Lipinski definition) is 1. The summed E-state index contributed by atoms with van der Waals surface area (Å²) in [5, 5.41) is 2.47. The first-order chi connectivity index (χ1) is 7.35. The molecule has 0 unspecified atom stereocenters. The van der Waals surface area contributed by atoms with E-state index < -0.39 is 0 Å². The number of ether oxygens (including phenoxy) is 1. The van der Waals surface area contributed by atoms with Crippen molar-refractivity contribution >= 4 is 22.4 Å². The van der Waals surface area contributed by atoms with Gasteiger partial charge in [0.1, 0.15) is 5.75 Å². The van der Waals surface area contributed by atoms with Crippen LogP contribution in [-0.4, -0.2) is 13.0 Å². The van der Waals surface area contributed by atoms with Crippen LogP contribution in [-0.2, 0) is 6.42 Å². The Morgan fingerprint density at radius 1 is 1.20 bits per heavy atom. The Kier molecular flexibility index (Phi) is 3.12. The van der Waals surface area contributed by atoms with Gasteiger partial charge in [-0.3, -0.25) is 0 Å². The zero-order valence-electron chi connectivity index (χ0n) is 8.66. The number of rotatable bonds is 3. The summed E-state index contributed by atoms with van der Waals surface area (Å²) in [6, 6.07) is 12.4. The first kappa shape index (κ1) is 10.3. The minimum absolute atomic E-state index is 0.649. The molecule has 0 fully saturated rings. The van der Waals surface area contributed by atoms with Gasteiger partial charge >= 0.3 is 0 Å². The van der Waals surface area contributed by atoms with Crippen molar-refractivity contribution in [1.29, 1.82) is 0 Å². The molecule has 2 rings (SSSR count). The number of aryl methyl sites for hydroxylation is 1. The maximum Gasteiger partial charge on any atom is 0.119 e. The molecular weight excluding hydrogens is 208 g/mol. The number of methoxy groups -OCH3 is 1. The van der Waals surface area contributed by atoms with Gasteiger partial charge in [-0.05, 0) is 34.9 Å². The second-order valence-corrected chi connectivity index (χ2v) is 3.82. The van der Waals surface area contributed by atoms with E-state index in [1.807, 2.05) is 6.07 Å². The first-order valence-corrected chi connectivity index (χ1v) is 5.50. The van der Waals surface area contributed by atoms with Gasteiger partial charge in [-0.2, -0.15) is 0 Å². The monoisotopic (exact) mass is 220 g/mol. The smallest absolute Gasteiger partial charge is 0.119 e. The summed E-state index contributed by atoms with van der Waals surface area (Å²) < 4.78 is 5.22. The van der Waals surface area contributed by atoms with Crippen LogP contribution in [0.25, 0.3) is 10.8 Å². The van der Waals surface area contributed by atoms with Gasteiger partial charge in [-0.25, -0.2) is 0 Å². The van der Waals surface area contributed by atoms with Crippen LogP contribution in [0, 0.1) is 0 Å². The highest BCUT2D eigenvalue weighted by Gasteiger charge is 2.01. The summed E-state index contributed by atoms with van der Waals surface area (Å²) in [4.78, 5) is 0. The van der Waals surface area contributed by atoms with Gasteiger partial charge in [-0.1, -0.05) is 24.3 Å². The third-order valence-corrected chi connectivity index (χ3v) is 2.73. The van der Waals surface area contributed by atoms with Crippen molar-refractivity contribution in [2.24, 2.45) is 0 Å². The molecule has 0 aliphatic heterocycles. The number of hydrogen-bond donors (Lipinski definition) is 0. The molecule has 1 nitrogen and oxygen atoms in total. The van der Waals surface area contributed by atoms with Crippen molar-refractivity contribution in [2.75, 3.05) is 13.0 Å². The molecule has 0 saturated carbocycles. The molecule has 15 heavy (non-hydrogen) atoms. The standard InChI is InChI=1S/C13H13ClO/c1-15-12-6-5-10-3-2-4-11(7-8-14)13(10)9-12/h2-6,9H,7-8H2,1H3. The Balaban J connectivity index is 2.59. The largest absolute Gasteiger partial charge is 0.497 e. The number of alkyl halides is 1. The Labute approximate surface area is 94.6 Å². The van der Waals surface area contributed by atoms with Crippen LogP contribution in [0.5, 0.6) is 5.75 Å². The van der Waals surface area contributed by atoms with Crippen molar-refractivity contribution in [3.63, 3.8) is 0 Å². The van der Waals surface area contributed by atoms with E-state index in [0.29, 0.717) is 5.88 Å². The molecule has 78 valence electrons. The Hall–Kier alpha value is -1.21. The molecule has 0 radical (unpaired) electrons. The first-order valence-electron chi connectivity index (χ1n) is 4.97. The molecule has 2 aromatic carbocycles. The van der Waals surface area contributed by atoms with Crippen molar-refractivity contribution in [3.8, 4) is 5.75 Å². The molecule has 0 spiro atoms. The lowest BCUT2D eigenvalue weighted by Crippen LogP contribution is -1.89. The van der Waals surface area contributed by atoms with Crippen LogP contribution >= 0.6 is 11.6 Å². The fraction of sp³-hybridized carbons (Fsp3) is 0.231. The highest BCUT2D eigenvalue weighted by molar-refractivity contribution is 6.18. The van der Waals surface area contributed by atoms with E-state index in [1.165, 1.54) is 16.3 Å². The van der Waals surface area contributed by atoms with Crippen molar-refractivity contribution in [1.82, 2.24) is 0 Å². The summed E-state index contributed by atoms with van der Waals surface area (Å²) in [7, 11) is 1.69. The lowest BCUT2D eigenvalue weighted by Gasteiger charge is -2.06. The molecule has 0 aliphatic carbocycles. The second-order valence-electron chi connectivity index (χ2n) is 3.44. The zero-order chi connectivity index (χ0) is 10.7. The maximum absolute atomic E-state index is 5.78. The predicted molar refractivity (Wildman–Crippen MR) is 64.9 cm³/mol. The Morgan fingerprint density at radius 3 is 2.80 bits per heavy atom. The average molecular weight is 221 g/mol. The highest BCUT2D eigenvalue weighted by Crippen LogP contribution is 2.24. The van der Waals surface area contributed by atoms with Gasteiger partial charge in [-0.15, -0.1) is 11.6 Å². The van der Waals surface area contributed by atoms with Gasteiger partial charge < -0.3 is 4.74 Å². The Bertz CT molecular complexity index is 465. The quantitative estimate of drug-likeness (QED) is 0.718. The molecule has 0 N–H and O–H groups in total. The van der Waals surface area contributed by atoms with Gasteiger partial charge in [0.25, 0.3) is 0 Å². The lowest BCUT2D eigenvalue weighted by molar-refractivity contribution is 0.415. The summed E-state index contributed by atoms with van der Waals surface area (Å²) >= 11 is 5.78. The zero-order valence-corrected chi connectivity index (χ0v) is 9.42. The number of fused-ring (bicyclic) bond motifs is 1. The van der Waals surface area contributed by atoms with Crippen molar-refractivity contribution in [2.45, 2.75) is 6.42 Å². The van der Waals surface area contributed by atoms with E-state index in [-0.39, 0.29) is 0 Å². The third-order valence-electron chi connectivity index (χ3n) is 2.54. The van der Waals surface area contributed by atoms with Gasteiger partial charge in [0.05, 0.1) is 7.11 Å². The maximum atomic E-state index is 5.78. The second kappa shape index (κ2) is 4.54. The molecule has 0 heterocycles. The summed E-state index contributed by atoms with van der Waals surface area (Å²) in [6.45, 7) is 0. The van der Waals surface area contributed by atoms with Crippen LogP contribution in [0.15, 0.2) is 36.4 Å². The molecule has 2 heteroatoms. The fourth-order valence-corrected chi connectivity index (χ4v) is 1.97. The summed E-state index contributed by atoms with van der Waals surface area (Å²) in [5.74, 6) is 1.54. The minimum atomic E-state index is 0.649. The van der Waals surface area contributed by atoms with Crippen LogP contribution < -0.4 is 4.74 Å². The molecule has 0 atom stereocenters. The van der Waals surface area contributed by atoms with E-state index in [4.69, 9.17) is 16.3 Å². The van der Waals surface area contributed by atoms with E-state index >= 15 is 0 Å². The normalized spacial score (nSPS) is 10.5. The SMILES string of the molecule is COc1ccc2cccc(CCCl)c2c1. The van der Waals surface area contributed by atoms with E-state index in [0.717, 1.165) is 12.2 Å². The molecular formula is C13H13ClO. The van der Waals surface area contributed by atoms with Crippen molar-refractivity contribution in [3.05, 3.63) is 42.0 Å². The van der Waals surface area contributed by atoms with Crippen LogP contribution in [0.2, 0.25) is 0 Å². The average Bonchev–Trinajstić information content (AvgIpc) is 2.29. The van der Waals surface area contributed by atoms with Crippen LogP contribution in [0.1, 0.15) is 5.56 Å². The van der Waals surface area contributed by atoms with Crippen molar-refractivity contribution < 1.29 is 4.74 Å². The molecule has 0 aromatic heterocycles. The molecule has 2 aromatic rings.